The number of hydrogen-bond donors (Lipinski definition) is 2. The van der Waals surface area contributed by atoms with Crippen molar-refractivity contribution in [1.29, 1.82) is 0 Å². The van der Waals surface area contributed by atoms with E-state index in [2.05, 4.69) is 5.32 Å². The number of carbonyl (C=O) groups excluding carboxylic acids is 1. The Hall–Kier alpha value is -0.610. The van der Waals surface area contributed by atoms with Gasteiger partial charge < -0.3 is 15.8 Å². The lowest BCUT2D eigenvalue weighted by molar-refractivity contribution is -0.131. The van der Waals surface area contributed by atoms with Crippen molar-refractivity contribution >= 4 is 5.91 Å². The van der Waals surface area contributed by atoms with E-state index in [1.165, 1.54) is 32.1 Å². The number of nitrogens with one attached hydrogen (secondary N) is 1. The highest BCUT2D eigenvalue weighted by Gasteiger charge is 2.45. The lowest BCUT2D eigenvalue weighted by atomic mass is 9.79. The second kappa shape index (κ2) is 4.82. The average Bonchev–Trinajstić information content (AvgIpc) is 3.08. The molecule has 0 aliphatic heterocycles. The summed E-state index contributed by atoms with van der Waals surface area (Å²) in [4.78, 5) is 11.9. The number of carbonyl (C=O) groups is 1. The molecule has 2 atom stereocenters. The first-order valence-corrected chi connectivity index (χ1v) is 7.41. The molecule has 0 heterocycles. The number of primary amides is 1. The number of amides is 1. The van der Waals surface area contributed by atoms with Crippen molar-refractivity contribution < 1.29 is 9.53 Å². The molecular weight excluding hydrogens is 228 g/mol. The molecule has 3 aliphatic carbocycles. The molecule has 3 fully saturated rings. The van der Waals surface area contributed by atoms with Crippen LogP contribution in [0.1, 0.15) is 57.8 Å². The first kappa shape index (κ1) is 12.4. The van der Waals surface area contributed by atoms with Crippen molar-refractivity contribution in [3.05, 3.63) is 0 Å². The molecular formula is C14H24N2O2. The van der Waals surface area contributed by atoms with Crippen LogP contribution in [0.2, 0.25) is 0 Å². The Morgan fingerprint density at radius 3 is 2.39 bits per heavy atom. The van der Waals surface area contributed by atoms with Crippen LogP contribution >= 0.6 is 0 Å². The Bertz CT molecular complexity index is 326. The lowest BCUT2D eigenvalue weighted by Gasteiger charge is -2.41. The molecule has 0 aromatic heterocycles. The molecule has 3 rings (SSSR count). The van der Waals surface area contributed by atoms with E-state index in [9.17, 15) is 4.79 Å². The zero-order chi connectivity index (χ0) is 12.6. The normalized spacial score (nSPS) is 37.2. The first-order valence-electron chi connectivity index (χ1n) is 7.41. The molecule has 0 aromatic rings. The Morgan fingerprint density at radius 1 is 1.11 bits per heavy atom. The van der Waals surface area contributed by atoms with Crippen LogP contribution in [0.3, 0.4) is 0 Å². The van der Waals surface area contributed by atoms with Gasteiger partial charge in [0, 0.05) is 12.5 Å². The van der Waals surface area contributed by atoms with Gasteiger partial charge in [0.25, 0.3) is 0 Å². The van der Waals surface area contributed by atoms with E-state index < -0.39 is 5.54 Å². The van der Waals surface area contributed by atoms with Gasteiger partial charge in [0.2, 0.25) is 5.91 Å². The van der Waals surface area contributed by atoms with Crippen molar-refractivity contribution in [1.82, 2.24) is 5.32 Å². The summed E-state index contributed by atoms with van der Waals surface area (Å²) in [5, 5.41) is 3.49. The molecule has 3 N–H and O–H groups in total. The summed E-state index contributed by atoms with van der Waals surface area (Å²) in [6.45, 7) is 0. The van der Waals surface area contributed by atoms with Crippen molar-refractivity contribution in [3.8, 4) is 0 Å². The van der Waals surface area contributed by atoms with Crippen LogP contribution in [-0.2, 0) is 9.53 Å². The van der Waals surface area contributed by atoms with Gasteiger partial charge in [-0.15, -0.1) is 0 Å². The summed E-state index contributed by atoms with van der Waals surface area (Å²) in [5.41, 5.74) is 5.17. The van der Waals surface area contributed by atoms with Gasteiger partial charge in [-0.1, -0.05) is 0 Å². The second-order valence-corrected chi connectivity index (χ2v) is 6.27. The zero-order valence-corrected chi connectivity index (χ0v) is 11.0. The molecule has 3 aliphatic rings. The molecule has 0 bridgehead atoms. The third-order valence-electron chi connectivity index (χ3n) is 4.67. The quantitative estimate of drug-likeness (QED) is 0.779. The Kier molecular flexibility index (Phi) is 3.32. The SMILES string of the molecule is NC(=O)C1(NC2CC2)CCCC(OC2CCC2)C1. The van der Waals surface area contributed by atoms with E-state index in [-0.39, 0.29) is 12.0 Å². The molecule has 18 heavy (non-hydrogen) atoms. The van der Waals surface area contributed by atoms with Crippen LogP contribution in [-0.4, -0.2) is 29.7 Å². The third kappa shape index (κ3) is 2.54. The molecule has 4 heteroatoms. The Labute approximate surface area is 109 Å². The van der Waals surface area contributed by atoms with E-state index in [1.807, 2.05) is 0 Å². The van der Waals surface area contributed by atoms with Gasteiger partial charge in [-0.3, -0.25) is 4.79 Å². The molecule has 0 spiro atoms. The Morgan fingerprint density at radius 2 is 1.83 bits per heavy atom. The van der Waals surface area contributed by atoms with Gasteiger partial charge in [0.15, 0.2) is 0 Å². The summed E-state index contributed by atoms with van der Waals surface area (Å²) >= 11 is 0. The van der Waals surface area contributed by atoms with Gasteiger partial charge in [-0.25, -0.2) is 0 Å². The van der Waals surface area contributed by atoms with Crippen LogP contribution in [0.25, 0.3) is 0 Å². The smallest absolute Gasteiger partial charge is 0.237 e. The van der Waals surface area contributed by atoms with E-state index in [0.717, 1.165) is 25.7 Å². The molecule has 4 nitrogen and oxygen atoms in total. The van der Waals surface area contributed by atoms with Crippen LogP contribution in [0.15, 0.2) is 0 Å². The van der Waals surface area contributed by atoms with Crippen LogP contribution in [0.5, 0.6) is 0 Å². The van der Waals surface area contributed by atoms with Crippen LogP contribution in [0, 0.1) is 0 Å². The van der Waals surface area contributed by atoms with Gasteiger partial charge in [0.05, 0.1) is 12.2 Å². The number of rotatable bonds is 5. The molecule has 0 aromatic carbocycles. The minimum Gasteiger partial charge on any atom is -0.375 e. The molecule has 2 unspecified atom stereocenters. The van der Waals surface area contributed by atoms with Crippen molar-refractivity contribution in [3.63, 3.8) is 0 Å². The molecule has 102 valence electrons. The standard InChI is InChI=1S/C14H24N2O2/c15-13(17)14(16-10-6-7-10)8-2-5-12(9-14)18-11-3-1-4-11/h10-12,16H,1-9H2,(H2,15,17). The largest absolute Gasteiger partial charge is 0.375 e. The number of hydrogen-bond acceptors (Lipinski definition) is 3. The molecule has 3 saturated carbocycles. The van der Waals surface area contributed by atoms with E-state index in [0.29, 0.717) is 12.1 Å². The third-order valence-corrected chi connectivity index (χ3v) is 4.67. The highest BCUT2D eigenvalue weighted by atomic mass is 16.5. The van der Waals surface area contributed by atoms with Crippen LogP contribution in [0.4, 0.5) is 0 Å². The predicted molar refractivity (Wildman–Crippen MR) is 69.1 cm³/mol. The van der Waals surface area contributed by atoms with Gasteiger partial charge in [0.1, 0.15) is 5.54 Å². The first-order chi connectivity index (χ1) is 8.68. The minimum atomic E-state index is -0.492. The highest BCUT2D eigenvalue weighted by Crippen LogP contribution is 2.36. The predicted octanol–water partition coefficient (Wildman–Crippen LogP) is 1.47. The topological polar surface area (TPSA) is 64.4 Å². The monoisotopic (exact) mass is 252 g/mol. The average molecular weight is 252 g/mol. The van der Waals surface area contributed by atoms with Gasteiger partial charge in [-0.05, 0) is 51.4 Å². The lowest BCUT2D eigenvalue weighted by Crippen LogP contribution is -2.60. The minimum absolute atomic E-state index is 0.184. The molecule has 0 radical (unpaired) electrons. The van der Waals surface area contributed by atoms with Crippen LogP contribution < -0.4 is 11.1 Å². The fourth-order valence-corrected chi connectivity index (χ4v) is 3.16. The summed E-state index contributed by atoms with van der Waals surface area (Å²) in [5.74, 6) is -0.184. The van der Waals surface area contributed by atoms with E-state index >= 15 is 0 Å². The van der Waals surface area contributed by atoms with Gasteiger partial charge in [-0.2, -0.15) is 0 Å². The second-order valence-electron chi connectivity index (χ2n) is 6.27. The van der Waals surface area contributed by atoms with Crippen molar-refractivity contribution in [2.24, 2.45) is 5.73 Å². The zero-order valence-electron chi connectivity index (χ0n) is 11.0. The highest BCUT2D eigenvalue weighted by molar-refractivity contribution is 5.85. The fourth-order valence-electron chi connectivity index (χ4n) is 3.16. The van der Waals surface area contributed by atoms with Crippen molar-refractivity contribution in [2.45, 2.75) is 81.6 Å². The maximum Gasteiger partial charge on any atom is 0.237 e. The molecule has 1 amide bonds. The Balaban J connectivity index is 1.62. The fraction of sp³-hybridized carbons (Fsp3) is 0.929. The van der Waals surface area contributed by atoms with E-state index in [4.69, 9.17) is 10.5 Å². The summed E-state index contributed by atoms with van der Waals surface area (Å²) in [6, 6.07) is 0.514. The maximum absolute atomic E-state index is 11.9. The summed E-state index contributed by atoms with van der Waals surface area (Å²) < 4.78 is 6.09. The summed E-state index contributed by atoms with van der Waals surface area (Å²) in [7, 11) is 0. The summed E-state index contributed by atoms with van der Waals surface area (Å²) in [6.07, 6.45) is 10.5. The van der Waals surface area contributed by atoms with Gasteiger partial charge >= 0.3 is 0 Å². The number of nitrogens with two attached hydrogens (primary N) is 1. The number of ether oxygens (including phenoxy) is 1. The maximum atomic E-state index is 11.9. The molecule has 0 saturated heterocycles. The van der Waals surface area contributed by atoms with E-state index in [1.54, 1.807) is 0 Å². The van der Waals surface area contributed by atoms with Crippen molar-refractivity contribution in [2.75, 3.05) is 0 Å².